The number of aromatic carboxylic acids is 1. The van der Waals surface area contributed by atoms with Crippen LogP contribution < -0.4 is 5.32 Å². The predicted octanol–water partition coefficient (Wildman–Crippen LogP) is 4.71. The second-order valence-corrected chi connectivity index (χ2v) is 6.54. The minimum Gasteiger partial charge on any atom is -0.478 e. The third kappa shape index (κ3) is 4.59. The van der Waals surface area contributed by atoms with Gasteiger partial charge in [-0.05, 0) is 68.7 Å². The molecule has 24 heavy (non-hydrogen) atoms. The van der Waals surface area contributed by atoms with Crippen LogP contribution in [0.3, 0.4) is 0 Å². The van der Waals surface area contributed by atoms with Crippen molar-refractivity contribution in [2.24, 2.45) is 0 Å². The molecule has 0 bridgehead atoms. The molecule has 0 fully saturated rings. The Balaban J connectivity index is 2.15. The summed E-state index contributed by atoms with van der Waals surface area (Å²) < 4.78 is 5.21. The number of carboxylic acid groups (broad SMARTS) is 1. The Hall–Kier alpha value is -2.82. The van der Waals surface area contributed by atoms with Crippen molar-refractivity contribution in [2.45, 2.75) is 33.3 Å². The van der Waals surface area contributed by atoms with E-state index in [0.29, 0.717) is 5.69 Å². The van der Waals surface area contributed by atoms with Crippen molar-refractivity contribution in [3.8, 4) is 11.1 Å². The molecule has 0 aliphatic heterocycles. The molecule has 0 heterocycles. The van der Waals surface area contributed by atoms with Crippen molar-refractivity contribution in [1.82, 2.24) is 0 Å². The summed E-state index contributed by atoms with van der Waals surface area (Å²) in [5.41, 5.74) is 3.12. The van der Waals surface area contributed by atoms with Crippen molar-refractivity contribution in [2.75, 3.05) is 5.32 Å². The van der Waals surface area contributed by atoms with Crippen LogP contribution in [0.15, 0.2) is 42.5 Å². The van der Waals surface area contributed by atoms with E-state index in [1.165, 1.54) is 0 Å². The largest absolute Gasteiger partial charge is 0.478 e. The number of carbonyl (C=O) groups is 2. The number of carbonyl (C=O) groups excluding carboxylic acids is 1. The lowest BCUT2D eigenvalue weighted by molar-refractivity contribution is 0.0634. The van der Waals surface area contributed by atoms with Gasteiger partial charge >= 0.3 is 12.1 Å². The highest BCUT2D eigenvalue weighted by molar-refractivity contribution is 5.89. The highest BCUT2D eigenvalue weighted by Crippen LogP contribution is 2.26. The molecule has 0 aliphatic rings. The monoisotopic (exact) mass is 327 g/mol. The quantitative estimate of drug-likeness (QED) is 0.856. The van der Waals surface area contributed by atoms with Gasteiger partial charge < -0.3 is 9.84 Å². The maximum Gasteiger partial charge on any atom is 0.412 e. The second kappa shape index (κ2) is 6.74. The summed E-state index contributed by atoms with van der Waals surface area (Å²) in [7, 11) is 0. The smallest absolute Gasteiger partial charge is 0.412 e. The number of amides is 1. The zero-order valence-electron chi connectivity index (χ0n) is 14.2. The molecule has 0 saturated heterocycles. The van der Waals surface area contributed by atoms with Crippen LogP contribution in [0.5, 0.6) is 0 Å². The lowest BCUT2D eigenvalue weighted by Gasteiger charge is -2.19. The van der Waals surface area contributed by atoms with Crippen LogP contribution >= 0.6 is 0 Å². The van der Waals surface area contributed by atoms with Crippen molar-refractivity contribution < 1.29 is 19.4 Å². The Morgan fingerprint density at radius 1 is 1.04 bits per heavy atom. The minimum absolute atomic E-state index is 0.263. The Kier molecular flexibility index (Phi) is 4.93. The minimum atomic E-state index is -0.943. The number of anilines is 1. The molecule has 0 atom stereocenters. The lowest BCUT2D eigenvalue weighted by atomic mass is 9.98. The van der Waals surface area contributed by atoms with Crippen LogP contribution in [0.2, 0.25) is 0 Å². The summed E-state index contributed by atoms with van der Waals surface area (Å²) >= 11 is 0. The van der Waals surface area contributed by atoms with E-state index in [4.69, 9.17) is 9.84 Å². The maximum atomic E-state index is 11.7. The maximum absolute atomic E-state index is 11.7. The van der Waals surface area contributed by atoms with E-state index >= 15 is 0 Å². The van der Waals surface area contributed by atoms with Gasteiger partial charge in [0.1, 0.15) is 5.60 Å². The third-order valence-corrected chi connectivity index (χ3v) is 3.31. The first kappa shape index (κ1) is 17.5. The molecule has 0 radical (unpaired) electrons. The molecule has 126 valence electrons. The summed E-state index contributed by atoms with van der Waals surface area (Å²) in [6.07, 6.45) is -0.503. The second-order valence-electron chi connectivity index (χ2n) is 6.54. The van der Waals surface area contributed by atoms with Crippen molar-refractivity contribution in [3.63, 3.8) is 0 Å². The number of hydrogen-bond acceptors (Lipinski definition) is 3. The van der Waals surface area contributed by atoms with Gasteiger partial charge in [0.2, 0.25) is 0 Å². The number of benzene rings is 2. The van der Waals surface area contributed by atoms with Crippen LogP contribution in [0.4, 0.5) is 10.5 Å². The van der Waals surface area contributed by atoms with Crippen LogP contribution in [0.1, 0.15) is 36.7 Å². The van der Waals surface area contributed by atoms with Crippen LogP contribution in [-0.2, 0) is 4.74 Å². The van der Waals surface area contributed by atoms with Gasteiger partial charge in [-0.25, -0.2) is 9.59 Å². The average molecular weight is 327 g/mol. The molecule has 0 spiro atoms. The summed E-state index contributed by atoms with van der Waals surface area (Å²) in [5.74, 6) is -0.943. The molecular weight excluding hydrogens is 306 g/mol. The Morgan fingerprint density at radius 2 is 1.67 bits per heavy atom. The summed E-state index contributed by atoms with van der Waals surface area (Å²) in [5, 5.41) is 11.7. The number of hydrogen-bond donors (Lipinski definition) is 2. The van der Waals surface area contributed by atoms with Crippen LogP contribution in [-0.4, -0.2) is 22.8 Å². The number of rotatable bonds is 3. The van der Waals surface area contributed by atoms with Gasteiger partial charge in [-0.2, -0.15) is 0 Å². The van der Waals surface area contributed by atoms with E-state index in [1.54, 1.807) is 51.1 Å². The molecule has 2 aromatic rings. The first-order valence-corrected chi connectivity index (χ1v) is 7.60. The van der Waals surface area contributed by atoms with E-state index in [-0.39, 0.29) is 5.56 Å². The Bertz CT molecular complexity index is 758. The fourth-order valence-corrected chi connectivity index (χ4v) is 2.28. The average Bonchev–Trinajstić information content (AvgIpc) is 2.46. The SMILES string of the molecule is Cc1cc(C(=O)O)ccc1-c1ccc(NC(=O)OC(C)(C)C)cc1. The number of aryl methyl sites for hydroxylation is 1. The fourth-order valence-electron chi connectivity index (χ4n) is 2.28. The molecule has 2 aromatic carbocycles. The fraction of sp³-hybridized carbons (Fsp3) is 0.263. The zero-order valence-corrected chi connectivity index (χ0v) is 14.2. The molecular formula is C19H21NO4. The molecule has 2 N–H and O–H groups in total. The van der Waals surface area contributed by atoms with Gasteiger partial charge in [-0.3, -0.25) is 5.32 Å². The molecule has 0 saturated carbocycles. The molecule has 0 aliphatic carbocycles. The number of nitrogens with one attached hydrogen (secondary N) is 1. The van der Waals surface area contributed by atoms with Gasteiger partial charge in [-0.1, -0.05) is 18.2 Å². The lowest BCUT2D eigenvalue weighted by Crippen LogP contribution is -2.27. The highest BCUT2D eigenvalue weighted by Gasteiger charge is 2.16. The third-order valence-electron chi connectivity index (χ3n) is 3.31. The van der Waals surface area contributed by atoms with Crippen molar-refractivity contribution >= 4 is 17.7 Å². The van der Waals surface area contributed by atoms with Crippen LogP contribution in [0, 0.1) is 6.92 Å². The zero-order chi connectivity index (χ0) is 17.9. The summed E-state index contributed by atoms with van der Waals surface area (Å²) in [4.78, 5) is 22.7. The van der Waals surface area contributed by atoms with Gasteiger partial charge in [0.05, 0.1) is 5.56 Å². The van der Waals surface area contributed by atoms with Gasteiger partial charge in [0.15, 0.2) is 0 Å². The molecule has 0 unspecified atom stereocenters. The van der Waals surface area contributed by atoms with E-state index in [9.17, 15) is 9.59 Å². The van der Waals surface area contributed by atoms with E-state index in [1.807, 2.05) is 19.1 Å². The van der Waals surface area contributed by atoms with Crippen molar-refractivity contribution in [1.29, 1.82) is 0 Å². The Morgan fingerprint density at radius 3 is 2.17 bits per heavy atom. The standard InChI is InChI=1S/C19H21NO4/c1-12-11-14(17(21)22)7-10-16(12)13-5-8-15(9-6-13)20-18(23)24-19(2,3)4/h5-11H,1-4H3,(H,20,23)(H,21,22). The predicted molar refractivity (Wildman–Crippen MR) is 93.4 cm³/mol. The normalized spacial score (nSPS) is 11.0. The Labute approximate surface area is 141 Å². The topological polar surface area (TPSA) is 75.6 Å². The molecule has 1 amide bonds. The first-order chi connectivity index (χ1) is 11.2. The van der Waals surface area contributed by atoms with Crippen LogP contribution in [0.25, 0.3) is 11.1 Å². The van der Waals surface area contributed by atoms with Gasteiger partial charge in [0, 0.05) is 5.69 Å². The number of ether oxygens (including phenoxy) is 1. The number of carboxylic acids is 1. The molecule has 2 rings (SSSR count). The summed E-state index contributed by atoms with van der Waals surface area (Å²) in [6, 6.07) is 12.3. The summed E-state index contributed by atoms with van der Waals surface area (Å²) in [6.45, 7) is 7.28. The molecule has 5 nitrogen and oxygen atoms in total. The molecule has 5 heteroatoms. The van der Waals surface area contributed by atoms with Crippen molar-refractivity contribution in [3.05, 3.63) is 53.6 Å². The highest BCUT2D eigenvalue weighted by atomic mass is 16.6. The van der Waals surface area contributed by atoms with E-state index < -0.39 is 17.7 Å². The van der Waals surface area contributed by atoms with Gasteiger partial charge in [-0.15, -0.1) is 0 Å². The first-order valence-electron chi connectivity index (χ1n) is 7.60. The van der Waals surface area contributed by atoms with E-state index in [0.717, 1.165) is 16.7 Å². The van der Waals surface area contributed by atoms with E-state index in [2.05, 4.69) is 5.32 Å². The molecule has 0 aromatic heterocycles. The van der Waals surface area contributed by atoms with Gasteiger partial charge in [0.25, 0.3) is 0 Å².